The number of aryl methyl sites for hydroxylation is 1. The van der Waals surface area contributed by atoms with Crippen LogP contribution < -0.4 is 0 Å². The van der Waals surface area contributed by atoms with Gasteiger partial charge in [-0.15, -0.1) is 0 Å². The summed E-state index contributed by atoms with van der Waals surface area (Å²) in [6.07, 6.45) is -0.560. The average Bonchev–Trinajstić information content (AvgIpc) is 3.26. The molecule has 31 heavy (non-hydrogen) atoms. The van der Waals surface area contributed by atoms with E-state index in [4.69, 9.17) is 19.2 Å². The molecule has 0 bridgehead atoms. The summed E-state index contributed by atoms with van der Waals surface area (Å²) >= 11 is 0. The van der Waals surface area contributed by atoms with Crippen LogP contribution in [0.2, 0.25) is 0 Å². The Bertz CT molecular complexity index is 935. The van der Waals surface area contributed by atoms with Gasteiger partial charge >= 0.3 is 12.1 Å². The molecule has 2 aliphatic rings. The lowest BCUT2D eigenvalue weighted by atomic mass is 9.98. The first-order valence-corrected chi connectivity index (χ1v) is 9.65. The van der Waals surface area contributed by atoms with Crippen LogP contribution in [0.4, 0.5) is 13.2 Å². The summed E-state index contributed by atoms with van der Waals surface area (Å²) in [5.74, 6) is -1.32. The molecule has 0 radical (unpaired) electrons. The largest absolute Gasteiger partial charge is 0.490 e. The number of ether oxygens (including phenoxy) is 1. The lowest BCUT2D eigenvalue weighted by Crippen LogP contribution is -2.40. The van der Waals surface area contributed by atoms with Crippen LogP contribution in [0.1, 0.15) is 46.4 Å². The molecule has 4 rings (SSSR count). The van der Waals surface area contributed by atoms with Crippen molar-refractivity contribution in [3.8, 4) is 0 Å². The smallest absolute Gasteiger partial charge is 0.475 e. The van der Waals surface area contributed by atoms with E-state index in [1.807, 2.05) is 6.33 Å². The number of hydrogen-bond donors (Lipinski definition) is 1. The Morgan fingerprint density at radius 3 is 2.55 bits per heavy atom. The zero-order valence-electron chi connectivity index (χ0n) is 17.1. The fourth-order valence-corrected chi connectivity index (χ4v) is 3.46. The molecule has 1 saturated carbocycles. The van der Waals surface area contributed by atoms with E-state index < -0.39 is 12.1 Å². The zero-order valence-corrected chi connectivity index (χ0v) is 17.1. The molecule has 3 heterocycles. The van der Waals surface area contributed by atoms with Crippen LogP contribution in [0.5, 0.6) is 0 Å². The predicted octanol–water partition coefficient (Wildman–Crippen LogP) is 2.61. The number of carboxylic acid groups (broad SMARTS) is 1. The first-order chi connectivity index (χ1) is 14.6. The van der Waals surface area contributed by atoms with E-state index in [0.29, 0.717) is 31.2 Å². The first kappa shape index (κ1) is 22.8. The second-order valence-electron chi connectivity index (χ2n) is 7.64. The van der Waals surface area contributed by atoms with Crippen LogP contribution >= 0.6 is 0 Å². The van der Waals surface area contributed by atoms with Crippen molar-refractivity contribution in [1.29, 1.82) is 0 Å². The molecular weight excluding hydrogens is 421 g/mol. The summed E-state index contributed by atoms with van der Waals surface area (Å²) in [5, 5.41) is 11.0. The molecule has 1 unspecified atom stereocenters. The van der Waals surface area contributed by atoms with E-state index in [1.165, 1.54) is 18.5 Å². The monoisotopic (exact) mass is 444 g/mol. The number of rotatable bonds is 5. The third-order valence-corrected chi connectivity index (χ3v) is 5.02. The molecular formula is C19H23F3N4O5. The molecule has 0 aromatic carbocycles. The summed E-state index contributed by atoms with van der Waals surface area (Å²) in [7, 11) is 1.70. The van der Waals surface area contributed by atoms with Crippen LogP contribution in [-0.4, -0.2) is 63.0 Å². The number of carbonyl (C=O) groups is 2. The molecule has 1 aliphatic heterocycles. The van der Waals surface area contributed by atoms with Gasteiger partial charge in [-0.05, 0) is 25.7 Å². The quantitative estimate of drug-likeness (QED) is 0.755. The van der Waals surface area contributed by atoms with Crippen molar-refractivity contribution >= 4 is 11.9 Å². The highest BCUT2D eigenvalue weighted by Gasteiger charge is 2.38. The number of nitrogens with zero attached hydrogens (tertiary/aromatic N) is 4. The minimum absolute atomic E-state index is 0.115. The van der Waals surface area contributed by atoms with Crippen molar-refractivity contribution in [1.82, 2.24) is 19.6 Å². The van der Waals surface area contributed by atoms with Crippen molar-refractivity contribution in [3.05, 3.63) is 35.2 Å². The summed E-state index contributed by atoms with van der Waals surface area (Å²) in [5.41, 5.74) is 2.55. The number of alkyl halides is 3. The number of carbonyl (C=O) groups excluding carboxylic acids is 1. The van der Waals surface area contributed by atoms with Crippen LogP contribution in [0.25, 0.3) is 0 Å². The lowest BCUT2D eigenvalue weighted by molar-refractivity contribution is -0.192. The van der Waals surface area contributed by atoms with Crippen molar-refractivity contribution in [2.24, 2.45) is 5.92 Å². The minimum Gasteiger partial charge on any atom is -0.475 e. The van der Waals surface area contributed by atoms with E-state index in [0.717, 1.165) is 18.2 Å². The second-order valence-corrected chi connectivity index (χ2v) is 7.64. The zero-order chi connectivity index (χ0) is 22.8. The molecule has 1 N–H and O–H groups in total. The van der Waals surface area contributed by atoms with Gasteiger partial charge in [0.1, 0.15) is 5.76 Å². The van der Waals surface area contributed by atoms with Crippen LogP contribution in [-0.2, 0) is 22.6 Å². The third-order valence-electron chi connectivity index (χ3n) is 5.02. The van der Waals surface area contributed by atoms with Gasteiger partial charge in [-0.2, -0.15) is 13.2 Å². The highest BCUT2D eigenvalue weighted by molar-refractivity contribution is 5.92. The number of imidazole rings is 1. The van der Waals surface area contributed by atoms with Gasteiger partial charge in [-0.1, -0.05) is 5.16 Å². The van der Waals surface area contributed by atoms with E-state index in [1.54, 1.807) is 25.0 Å². The SMILES string of the molecule is COCC1CN(C(=O)c2cc(C)on2)Cc2ncn(CC3CC3)c21.O=C(O)C(F)(F)F. The average molecular weight is 444 g/mol. The Morgan fingerprint density at radius 2 is 2.03 bits per heavy atom. The maximum atomic E-state index is 12.7. The van der Waals surface area contributed by atoms with Gasteiger partial charge in [-0.3, -0.25) is 4.79 Å². The molecule has 1 atom stereocenters. The van der Waals surface area contributed by atoms with Gasteiger partial charge in [-0.25, -0.2) is 9.78 Å². The molecule has 170 valence electrons. The fraction of sp³-hybridized carbons (Fsp3) is 0.579. The minimum atomic E-state index is -5.08. The molecule has 12 heteroatoms. The number of amides is 1. The van der Waals surface area contributed by atoms with E-state index >= 15 is 0 Å². The summed E-state index contributed by atoms with van der Waals surface area (Å²) in [6, 6.07) is 1.68. The highest BCUT2D eigenvalue weighted by atomic mass is 19.4. The molecule has 2 aromatic rings. The molecule has 9 nitrogen and oxygen atoms in total. The van der Waals surface area contributed by atoms with Crippen molar-refractivity contribution in [3.63, 3.8) is 0 Å². The Labute approximate surface area is 175 Å². The Hall–Kier alpha value is -2.89. The Morgan fingerprint density at radius 1 is 1.35 bits per heavy atom. The van der Waals surface area contributed by atoms with Crippen LogP contribution in [0, 0.1) is 12.8 Å². The van der Waals surface area contributed by atoms with Gasteiger partial charge in [0.15, 0.2) is 5.69 Å². The predicted molar refractivity (Wildman–Crippen MR) is 99.2 cm³/mol. The van der Waals surface area contributed by atoms with Gasteiger partial charge in [0.2, 0.25) is 0 Å². The number of fused-ring (bicyclic) bond motifs is 1. The number of aliphatic carboxylic acids is 1. The molecule has 0 spiro atoms. The number of aromatic nitrogens is 3. The van der Waals surface area contributed by atoms with Crippen molar-refractivity contribution in [2.45, 2.75) is 44.9 Å². The number of hydrogen-bond acceptors (Lipinski definition) is 6. The first-order valence-electron chi connectivity index (χ1n) is 9.65. The molecule has 1 fully saturated rings. The molecule has 2 aromatic heterocycles. The molecule has 1 aliphatic carbocycles. The Kier molecular flexibility index (Phi) is 6.68. The lowest BCUT2D eigenvalue weighted by Gasteiger charge is -2.32. The Balaban J connectivity index is 0.000000339. The number of carboxylic acids is 1. The van der Waals surface area contributed by atoms with Crippen molar-refractivity contribution < 1.29 is 37.1 Å². The van der Waals surface area contributed by atoms with Gasteiger partial charge in [0.05, 0.1) is 25.2 Å². The normalized spacial score (nSPS) is 18.2. The summed E-state index contributed by atoms with van der Waals surface area (Å²) in [4.78, 5) is 28.0. The summed E-state index contributed by atoms with van der Waals surface area (Å²) < 4.78 is 44.4. The van der Waals surface area contributed by atoms with Crippen LogP contribution in [0.3, 0.4) is 0 Å². The number of halogens is 3. The maximum absolute atomic E-state index is 12.7. The van der Waals surface area contributed by atoms with Crippen LogP contribution in [0.15, 0.2) is 16.9 Å². The van der Waals surface area contributed by atoms with E-state index in [9.17, 15) is 18.0 Å². The summed E-state index contributed by atoms with van der Waals surface area (Å²) in [6.45, 7) is 4.51. The second kappa shape index (κ2) is 9.08. The number of methoxy groups -OCH3 is 1. The fourth-order valence-electron chi connectivity index (χ4n) is 3.46. The van der Waals surface area contributed by atoms with E-state index in [2.05, 4.69) is 14.7 Å². The standard InChI is InChI=1S/C17H22N4O3.C2HF3O2/c1-11-5-14(19-24-11)17(22)20-7-13(9-23-2)16-15(8-20)18-10-21(16)6-12-3-4-12;3-2(4,5)1(6)7/h5,10,12-13H,3-4,6-9H2,1-2H3;(H,6,7). The molecule has 0 saturated heterocycles. The topological polar surface area (TPSA) is 111 Å². The molecule has 1 amide bonds. The van der Waals surface area contributed by atoms with Gasteiger partial charge in [0.25, 0.3) is 5.91 Å². The van der Waals surface area contributed by atoms with Crippen molar-refractivity contribution in [2.75, 3.05) is 20.3 Å². The maximum Gasteiger partial charge on any atom is 0.490 e. The highest BCUT2D eigenvalue weighted by Crippen LogP contribution is 2.34. The van der Waals surface area contributed by atoms with E-state index in [-0.39, 0.29) is 11.8 Å². The van der Waals surface area contributed by atoms with Gasteiger partial charge in [0, 0.05) is 37.9 Å². The van der Waals surface area contributed by atoms with Gasteiger partial charge < -0.3 is 23.8 Å². The third kappa shape index (κ3) is 5.63.